The summed E-state index contributed by atoms with van der Waals surface area (Å²) in [7, 11) is 0. The predicted molar refractivity (Wildman–Crippen MR) is 68.8 cm³/mol. The van der Waals surface area contributed by atoms with Gasteiger partial charge >= 0.3 is 0 Å². The van der Waals surface area contributed by atoms with Crippen LogP contribution in [-0.2, 0) is 0 Å². The molecule has 4 rings (SSSR count). The molecule has 0 atom stereocenters. The summed E-state index contributed by atoms with van der Waals surface area (Å²) in [5, 5.41) is 2.73. The zero-order valence-electron chi connectivity index (χ0n) is 8.82. The number of hydrogen-bond acceptors (Lipinski definition) is 2. The Morgan fingerprint density at radius 3 is 2.56 bits per heavy atom. The van der Waals surface area contributed by atoms with Crippen LogP contribution in [0.3, 0.4) is 0 Å². The summed E-state index contributed by atoms with van der Waals surface area (Å²) in [5.41, 5.74) is 5.21. The predicted octanol–water partition coefficient (Wildman–Crippen LogP) is 4.25. The summed E-state index contributed by atoms with van der Waals surface area (Å²) in [6, 6.07) is 13.0. The van der Waals surface area contributed by atoms with Crippen LogP contribution in [-0.4, -0.2) is 4.37 Å². The molecule has 0 fully saturated rings. The minimum Gasteiger partial charge on any atom is -0.197 e. The van der Waals surface area contributed by atoms with Gasteiger partial charge in [-0.25, -0.2) is 0 Å². The molecule has 0 amide bonds. The van der Waals surface area contributed by atoms with Crippen LogP contribution in [0, 0.1) is 6.92 Å². The fourth-order valence-corrected chi connectivity index (χ4v) is 3.55. The maximum atomic E-state index is 4.47. The van der Waals surface area contributed by atoms with E-state index in [1.807, 2.05) is 0 Å². The lowest BCUT2D eigenvalue weighted by Gasteiger charge is -2.01. The van der Waals surface area contributed by atoms with E-state index in [1.165, 1.54) is 32.3 Å². The number of nitrogens with zero attached hydrogens (tertiary/aromatic N) is 1. The second-order valence-corrected chi connectivity index (χ2v) is 4.95. The summed E-state index contributed by atoms with van der Waals surface area (Å²) in [4.78, 5) is 1.34. The molecule has 1 aliphatic carbocycles. The molecule has 1 nitrogen and oxygen atoms in total. The van der Waals surface area contributed by atoms with E-state index in [9.17, 15) is 0 Å². The van der Waals surface area contributed by atoms with Gasteiger partial charge in [-0.1, -0.05) is 36.4 Å². The molecule has 0 unspecified atom stereocenters. The highest BCUT2D eigenvalue weighted by atomic mass is 32.1. The van der Waals surface area contributed by atoms with Crippen LogP contribution in [0.5, 0.6) is 0 Å². The van der Waals surface area contributed by atoms with Gasteiger partial charge in [-0.15, -0.1) is 0 Å². The number of aromatic nitrogens is 1. The van der Waals surface area contributed by atoms with Crippen LogP contribution >= 0.6 is 11.5 Å². The Balaban J connectivity index is 2.32. The highest BCUT2D eigenvalue weighted by Crippen LogP contribution is 2.50. The molecule has 1 aliphatic rings. The second-order valence-electron chi connectivity index (χ2n) is 4.18. The number of aryl methyl sites for hydroxylation is 1. The van der Waals surface area contributed by atoms with Crippen molar-refractivity contribution in [3.8, 4) is 21.6 Å². The summed E-state index contributed by atoms with van der Waals surface area (Å²) in [5.74, 6) is 0. The Kier molecular flexibility index (Phi) is 1.44. The first-order valence-corrected chi connectivity index (χ1v) is 6.12. The highest BCUT2D eigenvalue weighted by molar-refractivity contribution is 7.10. The first-order chi connectivity index (χ1) is 7.86. The monoisotopic (exact) mass is 223 g/mol. The van der Waals surface area contributed by atoms with Gasteiger partial charge < -0.3 is 0 Å². The van der Waals surface area contributed by atoms with E-state index in [2.05, 4.69) is 47.7 Å². The molecule has 0 bridgehead atoms. The van der Waals surface area contributed by atoms with Crippen LogP contribution in [0.2, 0.25) is 0 Å². The first kappa shape index (κ1) is 8.48. The Labute approximate surface area is 97.5 Å². The van der Waals surface area contributed by atoms with Crippen molar-refractivity contribution >= 4 is 22.3 Å². The number of fused-ring (bicyclic) bond motifs is 3. The Hall–Kier alpha value is -1.67. The lowest BCUT2D eigenvalue weighted by Crippen LogP contribution is -1.77. The van der Waals surface area contributed by atoms with Crippen molar-refractivity contribution in [1.29, 1.82) is 0 Å². The first-order valence-electron chi connectivity index (χ1n) is 5.35. The standard InChI is InChI=1S/C14H9NS/c1-8-12-10-6-2-4-9-5-3-7-11(13(9)10)14(12)16-15-8/h2-7H,1H3. The van der Waals surface area contributed by atoms with Crippen molar-refractivity contribution in [3.05, 3.63) is 42.1 Å². The largest absolute Gasteiger partial charge is 0.197 e. The summed E-state index contributed by atoms with van der Waals surface area (Å²) in [6.07, 6.45) is 0. The zero-order chi connectivity index (χ0) is 10.7. The van der Waals surface area contributed by atoms with Gasteiger partial charge in [0.15, 0.2) is 0 Å². The fourth-order valence-electron chi connectivity index (χ4n) is 2.61. The molecule has 0 saturated carbocycles. The fraction of sp³-hybridized carbons (Fsp3) is 0.0714. The van der Waals surface area contributed by atoms with E-state index >= 15 is 0 Å². The number of rotatable bonds is 0. The second kappa shape index (κ2) is 2.71. The molecule has 0 radical (unpaired) electrons. The van der Waals surface area contributed by atoms with Crippen molar-refractivity contribution in [3.63, 3.8) is 0 Å². The zero-order valence-corrected chi connectivity index (χ0v) is 9.64. The van der Waals surface area contributed by atoms with Gasteiger partial charge in [0.2, 0.25) is 0 Å². The van der Waals surface area contributed by atoms with Gasteiger partial charge in [-0.3, -0.25) is 0 Å². The molecule has 0 saturated heterocycles. The molecule has 1 heterocycles. The highest BCUT2D eigenvalue weighted by Gasteiger charge is 2.24. The molecule has 2 aromatic carbocycles. The molecular weight excluding hydrogens is 214 g/mol. The molecule has 0 spiro atoms. The van der Waals surface area contributed by atoms with Gasteiger partial charge in [0.1, 0.15) is 0 Å². The smallest absolute Gasteiger partial charge is 0.0637 e. The number of hydrogen-bond donors (Lipinski definition) is 0. The number of benzene rings is 2. The van der Waals surface area contributed by atoms with Gasteiger partial charge in [-0.2, -0.15) is 4.37 Å². The summed E-state index contributed by atoms with van der Waals surface area (Å²) in [6.45, 7) is 2.10. The molecule has 0 N–H and O–H groups in total. The molecule has 3 aromatic rings. The van der Waals surface area contributed by atoms with Crippen LogP contribution in [0.4, 0.5) is 0 Å². The van der Waals surface area contributed by atoms with Gasteiger partial charge in [0.05, 0.1) is 10.6 Å². The summed E-state index contributed by atoms with van der Waals surface area (Å²) >= 11 is 1.62. The lowest BCUT2D eigenvalue weighted by molar-refractivity contribution is 1.35. The minimum atomic E-state index is 1.16. The average molecular weight is 223 g/mol. The Morgan fingerprint density at radius 1 is 1.00 bits per heavy atom. The molecule has 16 heavy (non-hydrogen) atoms. The van der Waals surface area contributed by atoms with E-state index < -0.39 is 0 Å². The third kappa shape index (κ3) is 0.843. The molecule has 0 aliphatic heterocycles. The van der Waals surface area contributed by atoms with Crippen molar-refractivity contribution in [1.82, 2.24) is 4.37 Å². The lowest BCUT2D eigenvalue weighted by atomic mass is 10.0. The summed E-state index contributed by atoms with van der Waals surface area (Å²) < 4.78 is 4.47. The van der Waals surface area contributed by atoms with Crippen LogP contribution < -0.4 is 0 Å². The van der Waals surface area contributed by atoms with Gasteiger partial charge in [0, 0.05) is 11.1 Å². The van der Waals surface area contributed by atoms with Crippen molar-refractivity contribution in [2.75, 3.05) is 0 Å². The van der Waals surface area contributed by atoms with E-state index in [4.69, 9.17) is 0 Å². The van der Waals surface area contributed by atoms with E-state index in [0.29, 0.717) is 0 Å². The van der Waals surface area contributed by atoms with Crippen LogP contribution in [0.1, 0.15) is 5.69 Å². The molecule has 2 heteroatoms. The van der Waals surface area contributed by atoms with Crippen LogP contribution in [0.15, 0.2) is 36.4 Å². The molecule has 1 aromatic heterocycles. The van der Waals surface area contributed by atoms with Crippen molar-refractivity contribution < 1.29 is 0 Å². The third-order valence-electron chi connectivity index (χ3n) is 3.28. The molecule has 76 valence electrons. The minimum absolute atomic E-state index is 1.16. The van der Waals surface area contributed by atoms with Gasteiger partial charge in [-0.05, 0) is 34.8 Å². The van der Waals surface area contributed by atoms with Crippen LogP contribution in [0.25, 0.3) is 32.3 Å². The normalized spacial score (nSPS) is 12.1. The third-order valence-corrected chi connectivity index (χ3v) is 4.25. The topological polar surface area (TPSA) is 12.9 Å². The Bertz CT molecular complexity index is 719. The van der Waals surface area contributed by atoms with Crippen molar-refractivity contribution in [2.45, 2.75) is 6.92 Å². The van der Waals surface area contributed by atoms with Crippen molar-refractivity contribution in [2.24, 2.45) is 0 Å². The maximum Gasteiger partial charge on any atom is 0.0637 e. The van der Waals surface area contributed by atoms with E-state index in [-0.39, 0.29) is 0 Å². The Morgan fingerprint density at radius 2 is 1.75 bits per heavy atom. The quantitative estimate of drug-likeness (QED) is 0.434. The van der Waals surface area contributed by atoms with E-state index in [0.717, 1.165) is 5.69 Å². The molecular formula is C14H9NS. The van der Waals surface area contributed by atoms with E-state index in [1.54, 1.807) is 11.5 Å². The van der Waals surface area contributed by atoms with Gasteiger partial charge in [0.25, 0.3) is 0 Å². The SMILES string of the molecule is Cc1nsc2c1-c1cccc3cccc-2c13. The maximum absolute atomic E-state index is 4.47. The average Bonchev–Trinajstić information content (AvgIpc) is 2.83.